The van der Waals surface area contributed by atoms with Gasteiger partial charge in [0.2, 0.25) is 11.8 Å². The van der Waals surface area contributed by atoms with E-state index < -0.39 is 5.54 Å². The molecule has 0 spiro atoms. The van der Waals surface area contributed by atoms with E-state index in [0.29, 0.717) is 19.5 Å². The minimum Gasteiger partial charge on any atom is -0.342 e. The van der Waals surface area contributed by atoms with E-state index in [4.69, 9.17) is 5.73 Å². The van der Waals surface area contributed by atoms with Gasteiger partial charge in [0, 0.05) is 39.3 Å². The summed E-state index contributed by atoms with van der Waals surface area (Å²) < 4.78 is 0. The SMILES string of the molecule is CCCC(C)(N)C(=O)N1CCCN(CC(=O)N2CCCC2)CC1.Cl. The summed E-state index contributed by atoms with van der Waals surface area (Å²) in [6.45, 7) is 9.21. The number of halogens is 1. The number of carbonyl (C=O) groups excluding carboxylic acids is 2. The summed E-state index contributed by atoms with van der Waals surface area (Å²) >= 11 is 0. The second-order valence-electron chi connectivity index (χ2n) is 7.18. The molecule has 0 aromatic heterocycles. The lowest BCUT2D eigenvalue weighted by atomic mass is 9.95. The van der Waals surface area contributed by atoms with Gasteiger partial charge in [-0.2, -0.15) is 0 Å². The van der Waals surface area contributed by atoms with E-state index in [-0.39, 0.29) is 24.2 Å². The standard InChI is InChI=1S/C17H32N4O2.ClH/c1-3-7-17(2,18)16(23)21-11-6-8-19(12-13-21)14-15(22)20-9-4-5-10-20;/h3-14,18H2,1-2H3;1H. The van der Waals surface area contributed by atoms with Gasteiger partial charge in [-0.05, 0) is 32.6 Å². The second kappa shape index (κ2) is 9.59. The van der Waals surface area contributed by atoms with Gasteiger partial charge in [0.15, 0.2) is 0 Å². The predicted molar refractivity (Wildman–Crippen MR) is 98.2 cm³/mol. The lowest BCUT2D eigenvalue weighted by molar-refractivity contribution is -0.136. The molecule has 2 saturated heterocycles. The highest BCUT2D eigenvalue weighted by molar-refractivity contribution is 5.86. The molecular formula is C17H33ClN4O2. The van der Waals surface area contributed by atoms with Gasteiger partial charge in [-0.3, -0.25) is 14.5 Å². The van der Waals surface area contributed by atoms with Crippen LogP contribution >= 0.6 is 12.4 Å². The van der Waals surface area contributed by atoms with Crippen LogP contribution < -0.4 is 5.73 Å². The Labute approximate surface area is 152 Å². The third-order valence-corrected chi connectivity index (χ3v) is 4.95. The van der Waals surface area contributed by atoms with E-state index >= 15 is 0 Å². The Morgan fingerprint density at radius 3 is 2.21 bits per heavy atom. The molecule has 24 heavy (non-hydrogen) atoms. The highest BCUT2D eigenvalue weighted by Gasteiger charge is 2.33. The van der Waals surface area contributed by atoms with Crippen molar-refractivity contribution in [3.05, 3.63) is 0 Å². The molecule has 7 heteroatoms. The Morgan fingerprint density at radius 2 is 1.58 bits per heavy atom. The molecule has 2 heterocycles. The van der Waals surface area contributed by atoms with E-state index in [2.05, 4.69) is 4.90 Å². The monoisotopic (exact) mass is 360 g/mol. The summed E-state index contributed by atoms with van der Waals surface area (Å²) in [6, 6.07) is 0. The van der Waals surface area contributed by atoms with E-state index in [1.165, 1.54) is 0 Å². The van der Waals surface area contributed by atoms with Crippen LogP contribution in [0.15, 0.2) is 0 Å². The van der Waals surface area contributed by atoms with Crippen molar-refractivity contribution in [1.82, 2.24) is 14.7 Å². The van der Waals surface area contributed by atoms with Crippen LogP contribution in [-0.2, 0) is 9.59 Å². The number of nitrogens with two attached hydrogens (primary N) is 1. The van der Waals surface area contributed by atoms with Crippen molar-refractivity contribution in [1.29, 1.82) is 0 Å². The Hall–Kier alpha value is -0.850. The van der Waals surface area contributed by atoms with Crippen molar-refractivity contribution < 1.29 is 9.59 Å². The fourth-order valence-corrected chi connectivity index (χ4v) is 3.58. The minimum absolute atomic E-state index is 0. The van der Waals surface area contributed by atoms with Crippen LogP contribution in [-0.4, -0.2) is 77.9 Å². The van der Waals surface area contributed by atoms with Gasteiger partial charge in [0.1, 0.15) is 0 Å². The smallest absolute Gasteiger partial charge is 0.242 e. The Balaban J connectivity index is 0.00000288. The molecule has 6 nitrogen and oxygen atoms in total. The van der Waals surface area contributed by atoms with Gasteiger partial charge < -0.3 is 15.5 Å². The van der Waals surface area contributed by atoms with Crippen LogP contribution in [0.25, 0.3) is 0 Å². The Bertz CT molecular complexity index is 425. The van der Waals surface area contributed by atoms with Crippen LogP contribution in [0.3, 0.4) is 0 Å². The maximum atomic E-state index is 12.6. The number of nitrogens with zero attached hydrogens (tertiary/aromatic N) is 3. The number of rotatable bonds is 5. The minimum atomic E-state index is -0.769. The van der Waals surface area contributed by atoms with Gasteiger partial charge in [0.25, 0.3) is 0 Å². The van der Waals surface area contributed by atoms with E-state index in [0.717, 1.165) is 58.4 Å². The summed E-state index contributed by atoms with van der Waals surface area (Å²) in [5.41, 5.74) is 5.42. The summed E-state index contributed by atoms with van der Waals surface area (Å²) in [5.74, 6) is 0.281. The quantitative estimate of drug-likeness (QED) is 0.796. The number of likely N-dealkylation sites (tertiary alicyclic amines) is 1. The molecule has 140 valence electrons. The van der Waals surface area contributed by atoms with E-state index in [9.17, 15) is 9.59 Å². The first-order chi connectivity index (χ1) is 10.9. The molecule has 0 saturated carbocycles. The summed E-state index contributed by atoms with van der Waals surface area (Å²) in [5, 5.41) is 0. The fourth-order valence-electron chi connectivity index (χ4n) is 3.58. The topological polar surface area (TPSA) is 69.9 Å². The van der Waals surface area contributed by atoms with Gasteiger partial charge in [-0.15, -0.1) is 12.4 Å². The largest absolute Gasteiger partial charge is 0.342 e. The average molecular weight is 361 g/mol. The van der Waals surface area contributed by atoms with Gasteiger partial charge in [-0.25, -0.2) is 0 Å². The number of amides is 2. The van der Waals surface area contributed by atoms with Crippen molar-refractivity contribution in [3.63, 3.8) is 0 Å². The lowest BCUT2D eigenvalue weighted by Crippen LogP contribution is -2.54. The van der Waals surface area contributed by atoms with Crippen molar-refractivity contribution in [2.45, 2.75) is 51.5 Å². The molecule has 0 aromatic rings. The average Bonchev–Trinajstić information content (AvgIpc) is 2.94. The van der Waals surface area contributed by atoms with E-state index in [1.54, 1.807) is 0 Å². The molecule has 2 rings (SSSR count). The zero-order valence-corrected chi connectivity index (χ0v) is 15.9. The molecule has 1 atom stereocenters. The van der Waals surface area contributed by atoms with Crippen molar-refractivity contribution >= 4 is 24.2 Å². The summed E-state index contributed by atoms with van der Waals surface area (Å²) in [6.07, 6.45) is 4.77. The molecule has 2 aliphatic heterocycles. The van der Waals surface area contributed by atoms with Gasteiger partial charge >= 0.3 is 0 Å². The van der Waals surface area contributed by atoms with Crippen molar-refractivity contribution in [2.75, 3.05) is 45.8 Å². The molecule has 0 aromatic carbocycles. The highest BCUT2D eigenvalue weighted by atomic mass is 35.5. The predicted octanol–water partition coefficient (Wildman–Crippen LogP) is 1.08. The summed E-state index contributed by atoms with van der Waals surface area (Å²) in [7, 11) is 0. The third kappa shape index (κ3) is 5.60. The molecule has 0 bridgehead atoms. The molecule has 0 aliphatic carbocycles. The first kappa shape index (κ1) is 21.2. The van der Waals surface area contributed by atoms with Crippen molar-refractivity contribution in [3.8, 4) is 0 Å². The summed E-state index contributed by atoms with van der Waals surface area (Å²) in [4.78, 5) is 30.9. The number of hydrogen-bond donors (Lipinski definition) is 1. The fraction of sp³-hybridized carbons (Fsp3) is 0.882. The normalized spacial score (nSPS) is 21.8. The highest BCUT2D eigenvalue weighted by Crippen LogP contribution is 2.15. The number of carbonyl (C=O) groups is 2. The molecular weight excluding hydrogens is 328 g/mol. The Morgan fingerprint density at radius 1 is 0.958 bits per heavy atom. The lowest BCUT2D eigenvalue weighted by Gasteiger charge is -2.31. The first-order valence-corrected chi connectivity index (χ1v) is 9.02. The third-order valence-electron chi connectivity index (χ3n) is 4.95. The molecule has 2 fully saturated rings. The van der Waals surface area contributed by atoms with Gasteiger partial charge in [-0.1, -0.05) is 13.3 Å². The van der Waals surface area contributed by atoms with E-state index in [1.807, 2.05) is 23.6 Å². The van der Waals surface area contributed by atoms with Gasteiger partial charge in [0.05, 0.1) is 12.1 Å². The molecule has 1 unspecified atom stereocenters. The van der Waals surface area contributed by atoms with Crippen LogP contribution in [0.2, 0.25) is 0 Å². The Kier molecular flexibility index (Phi) is 8.46. The zero-order valence-electron chi connectivity index (χ0n) is 15.1. The van der Waals surface area contributed by atoms with Crippen LogP contribution in [0.1, 0.15) is 46.0 Å². The first-order valence-electron chi connectivity index (χ1n) is 9.02. The molecule has 2 N–H and O–H groups in total. The number of hydrogen-bond acceptors (Lipinski definition) is 4. The maximum Gasteiger partial charge on any atom is 0.242 e. The van der Waals surface area contributed by atoms with Crippen molar-refractivity contribution in [2.24, 2.45) is 5.73 Å². The molecule has 2 amide bonds. The van der Waals surface area contributed by atoms with Crippen LogP contribution in [0, 0.1) is 0 Å². The second-order valence-corrected chi connectivity index (χ2v) is 7.18. The maximum absolute atomic E-state index is 12.6. The van der Waals surface area contributed by atoms with Crippen LogP contribution in [0.5, 0.6) is 0 Å². The molecule has 2 aliphatic rings. The van der Waals surface area contributed by atoms with Crippen LogP contribution in [0.4, 0.5) is 0 Å². The molecule has 0 radical (unpaired) electrons. The zero-order chi connectivity index (χ0) is 16.9.